The summed E-state index contributed by atoms with van der Waals surface area (Å²) in [6.07, 6.45) is 3.02. The van der Waals surface area contributed by atoms with Gasteiger partial charge in [-0.05, 0) is 18.2 Å². The second kappa shape index (κ2) is 5.89. The molecule has 4 nitrogen and oxygen atoms in total. The standard InChI is InChI=1S/C17H16N2O2/c1-21-17-11-18-9-8-14(17)16(20)10-13-7-6-12-4-2-3-5-15(12)19-13/h2-9,11,16,20H,10H2,1H3. The molecule has 3 rings (SSSR count). The molecule has 1 N–H and O–H groups in total. The van der Waals surface area contributed by atoms with Crippen molar-refractivity contribution < 1.29 is 9.84 Å². The molecule has 0 aliphatic heterocycles. The Morgan fingerprint density at radius 3 is 2.86 bits per heavy atom. The fourth-order valence-corrected chi connectivity index (χ4v) is 2.37. The van der Waals surface area contributed by atoms with Gasteiger partial charge in [-0.1, -0.05) is 24.3 Å². The maximum Gasteiger partial charge on any atom is 0.142 e. The maximum absolute atomic E-state index is 10.4. The van der Waals surface area contributed by atoms with Crippen LogP contribution in [-0.2, 0) is 6.42 Å². The molecule has 0 aliphatic rings. The zero-order valence-electron chi connectivity index (χ0n) is 11.7. The van der Waals surface area contributed by atoms with Crippen molar-refractivity contribution in [3.05, 3.63) is 66.1 Å². The van der Waals surface area contributed by atoms with Crippen molar-refractivity contribution in [1.82, 2.24) is 9.97 Å². The minimum atomic E-state index is -0.670. The fourth-order valence-electron chi connectivity index (χ4n) is 2.37. The van der Waals surface area contributed by atoms with E-state index in [1.54, 1.807) is 25.6 Å². The number of aromatic nitrogens is 2. The van der Waals surface area contributed by atoms with E-state index in [-0.39, 0.29) is 0 Å². The van der Waals surface area contributed by atoms with Crippen molar-refractivity contribution in [3.8, 4) is 5.75 Å². The molecule has 0 spiro atoms. The van der Waals surface area contributed by atoms with Crippen molar-refractivity contribution >= 4 is 10.9 Å². The van der Waals surface area contributed by atoms with Gasteiger partial charge in [-0.15, -0.1) is 0 Å². The van der Waals surface area contributed by atoms with E-state index >= 15 is 0 Å². The van der Waals surface area contributed by atoms with Crippen LogP contribution in [0.1, 0.15) is 17.4 Å². The van der Waals surface area contributed by atoms with Gasteiger partial charge in [0, 0.05) is 29.3 Å². The lowest BCUT2D eigenvalue weighted by atomic mass is 10.0. The van der Waals surface area contributed by atoms with Crippen LogP contribution in [0.4, 0.5) is 0 Å². The van der Waals surface area contributed by atoms with Gasteiger partial charge in [0.15, 0.2) is 0 Å². The smallest absolute Gasteiger partial charge is 0.142 e. The van der Waals surface area contributed by atoms with E-state index in [2.05, 4.69) is 9.97 Å². The molecule has 0 saturated carbocycles. The number of nitrogens with zero attached hydrogens (tertiary/aromatic N) is 2. The summed E-state index contributed by atoms with van der Waals surface area (Å²) in [5, 5.41) is 11.5. The minimum absolute atomic E-state index is 0.436. The number of aliphatic hydroxyl groups is 1. The highest BCUT2D eigenvalue weighted by Gasteiger charge is 2.14. The average Bonchev–Trinajstić information content (AvgIpc) is 2.54. The lowest BCUT2D eigenvalue weighted by Crippen LogP contribution is -2.05. The van der Waals surface area contributed by atoms with Crippen LogP contribution in [-0.4, -0.2) is 22.2 Å². The second-order valence-electron chi connectivity index (χ2n) is 4.83. The van der Waals surface area contributed by atoms with Crippen LogP contribution in [0.2, 0.25) is 0 Å². The van der Waals surface area contributed by atoms with Gasteiger partial charge >= 0.3 is 0 Å². The third-order valence-corrected chi connectivity index (χ3v) is 3.45. The van der Waals surface area contributed by atoms with Gasteiger partial charge in [-0.2, -0.15) is 0 Å². The SMILES string of the molecule is COc1cnccc1C(O)Cc1ccc2ccccc2n1. The summed E-state index contributed by atoms with van der Waals surface area (Å²) in [7, 11) is 1.57. The molecule has 0 fully saturated rings. The van der Waals surface area contributed by atoms with Crippen LogP contribution in [0.25, 0.3) is 10.9 Å². The highest BCUT2D eigenvalue weighted by molar-refractivity contribution is 5.78. The molecule has 1 atom stereocenters. The summed E-state index contributed by atoms with van der Waals surface area (Å²) >= 11 is 0. The molecule has 0 saturated heterocycles. The molecule has 106 valence electrons. The lowest BCUT2D eigenvalue weighted by Gasteiger charge is -2.14. The Morgan fingerprint density at radius 2 is 2.00 bits per heavy atom. The number of benzene rings is 1. The minimum Gasteiger partial charge on any atom is -0.495 e. The first-order valence-electron chi connectivity index (χ1n) is 6.78. The normalized spacial score (nSPS) is 12.3. The summed E-state index contributed by atoms with van der Waals surface area (Å²) in [4.78, 5) is 8.57. The van der Waals surface area contributed by atoms with Crippen molar-refractivity contribution in [3.63, 3.8) is 0 Å². The molecule has 3 aromatic rings. The number of pyridine rings is 2. The first-order chi connectivity index (χ1) is 10.3. The van der Waals surface area contributed by atoms with Crippen molar-refractivity contribution in [2.45, 2.75) is 12.5 Å². The predicted molar refractivity (Wildman–Crippen MR) is 81.2 cm³/mol. The monoisotopic (exact) mass is 280 g/mol. The van der Waals surface area contributed by atoms with Crippen LogP contribution < -0.4 is 4.74 Å². The Kier molecular flexibility index (Phi) is 3.79. The van der Waals surface area contributed by atoms with Crippen LogP contribution in [0, 0.1) is 0 Å². The quantitative estimate of drug-likeness (QED) is 0.798. The summed E-state index contributed by atoms with van der Waals surface area (Å²) in [5.74, 6) is 0.589. The molecular weight excluding hydrogens is 264 g/mol. The molecule has 0 amide bonds. The average molecular weight is 280 g/mol. The highest BCUT2D eigenvalue weighted by atomic mass is 16.5. The number of para-hydroxylation sites is 1. The van der Waals surface area contributed by atoms with Crippen molar-refractivity contribution in [1.29, 1.82) is 0 Å². The van der Waals surface area contributed by atoms with Crippen molar-refractivity contribution in [2.75, 3.05) is 7.11 Å². The van der Waals surface area contributed by atoms with Gasteiger partial charge < -0.3 is 9.84 Å². The Balaban J connectivity index is 1.87. The molecule has 0 aliphatic carbocycles. The maximum atomic E-state index is 10.4. The van der Waals surface area contributed by atoms with Gasteiger partial charge in [-0.3, -0.25) is 9.97 Å². The van der Waals surface area contributed by atoms with E-state index in [4.69, 9.17) is 4.74 Å². The number of methoxy groups -OCH3 is 1. The summed E-state index contributed by atoms with van der Waals surface area (Å²) in [5.41, 5.74) is 2.51. The molecule has 1 aromatic carbocycles. The summed E-state index contributed by atoms with van der Waals surface area (Å²) < 4.78 is 5.23. The Bertz CT molecular complexity index is 758. The molecule has 4 heteroatoms. The molecule has 0 radical (unpaired) electrons. The molecule has 2 heterocycles. The summed E-state index contributed by atoms with van der Waals surface area (Å²) in [6.45, 7) is 0. The van der Waals surface area contributed by atoms with Crippen molar-refractivity contribution in [2.24, 2.45) is 0 Å². The zero-order chi connectivity index (χ0) is 14.7. The first kappa shape index (κ1) is 13.5. The first-order valence-corrected chi connectivity index (χ1v) is 6.78. The van der Waals surface area contributed by atoms with Crippen LogP contribution in [0.5, 0.6) is 5.75 Å². The van der Waals surface area contributed by atoms with E-state index in [0.29, 0.717) is 12.2 Å². The Hall–Kier alpha value is -2.46. The van der Waals surface area contributed by atoms with E-state index in [1.807, 2.05) is 36.4 Å². The van der Waals surface area contributed by atoms with E-state index in [0.717, 1.165) is 22.2 Å². The largest absolute Gasteiger partial charge is 0.495 e. The van der Waals surface area contributed by atoms with E-state index < -0.39 is 6.10 Å². The summed E-state index contributed by atoms with van der Waals surface area (Å²) in [6, 6.07) is 13.7. The Labute approximate surface area is 123 Å². The number of hydrogen-bond donors (Lipinski definition) is 1. The molecule has 0 bridgehead atoms. The topological polar surface area (TPSA) is 55.2 Å². The predicted octanol–water partition coefficient (Wildman–Crippen LogP) is 2.91. The number of rotatable bonds is 4. The Morgan fingerprint density at radius 1 is 1.14 bits per heavy atom. The molecule has 1 unspecified atom stereocenters. The molecular formula is C17H16N2O2. The number of aliphatic hydroxyl groups excluding tert-OH is 1. The van der Waals surface area contributed by atoms with Gasteiger partial charge in [0.25, 0.3) is 0 Å². The van der Waals surface area contributed by atoms with E-state index in [1.165, 1.54) is 0 Å². The van der Waals surface area contributed by atoms with E-state index in [9.17, 15) is 5.11 Å². The van der Waals surface area contributed by atoms with Gasteiger partial charge in [-0.25, -0.2) is 0 Å². The van der Waals surface area contributed by atoms with Gasteiger partial charge in [0.2, 0.25) is 0 Å². The van der Waals surface area contributed by atoms with Gasteiger partial charge in [0.1, 0.15) is 5.75 Å². The van der Waals surface area contributed by atoms with Gasteiger partial charge in [0.05, 0.1) is 24.9 Å². The van der Waals surface area contributed by atoms with Crippen LogP contribution in [0.3, 0.4) is 0 Å². The third kappa shape index (κ3) is 2.85. The molecule has 21 heavy (non-hydrogen) atoms. The lowest BCUT2D eigenvalue weighted by molar-refractivity contribution is 0.172. The number of ether oxygens (including phenoxy) is 1. The van der Waals surface area contributed by atoms with Crippen LogP contribution >= 0.6 is 0 Å². The molecule has 2 aromatic heterocycles. The fraction of sp³-hybridized carbons (Fsp3) is 0.176. The second-order valence-corrected chi connectivity index (χ2v) is 4.83. The van der Waals surface area contributed by atoms with Crippen LogP contribution in [0.15, 0.2) is 54.9 Å². The third-order valence-electron chi connectivity index (χ3n) is 3.45. The number of hydrogen-bond acceptors (Lipinski definition) is 4. The number of fused-ring (bicyclic) bond motifs is 1. The highest BCUT2D eigenvalue weighted by Crippen LogP contribution is 2.26. The zero-order valence-corrected chi connectivity index (χ0v) is 11.7.